The molecule has 2 heterocycles. The molecule has 1 amide bonds. The summed E-state index contributed by atoms with van der Waals surface area (Å²) < 4.78 is 39.6. The minimum atomic E-state index is -3.75. The number of methoxy groups -OCH3 is 1. The highest BCUT2D eigenvalue weighted by atomic mass is 32.2. The fourth-order valence-electron chi connectivity index (χ4n) is 3.37. The van der Waals surface area contributed by atoms with E-state index in [9.17, 15) is 13.2 Å². The molecule has 0 saturated carbocycles. The summed E-state index contributed by atoms with van der Waals surface area (Å²) in [6.07, 6.45) is 0. The van der Waals surface area contributed by atoms with Crippen molar-refractivity contribution in [1.29, 1.82) is 0 Å². The number of nitrogens with zero attached hydrogens (tertiary/aromatic N) is 1. The molecule has 1 fully saturated rings. The first kappa shape index (κ1) is 20.6. The van der Waals surface area contributed by atoms with Gasteiger partial charge in [-0.2, -0.15) is 0 Å². The normalized spacial score (nSPS) is 14.7. The lowest BCUT2D eigenvalue weighted by Gasteiger charge is -2.26. The van der Waals surface area contributed by atoms with Crippen LogP contribution in [-0.4, -0.2) is 52.6 Å². The number of fused-ring (bicyclic) bond motifs is 1. The second-order valence-electron chi connectivity index (χ2n) is 7.00. The van der Waals surface area contributed by atoms with Crippen LogP contribution in [0.5, 0.6) is 5.75 Å². The van der Waals surface area contributed by atoms with Crippen LogP contribution < -0.4 is 9.46 Å². The molecule has 0 radical (unpaired) electrons. The van der Waals surface area contributed by atoms with Gasteiger partial charge in [0.2, 0.25) is 0 Å². The topological polar surface area (TPSA) is 84.9 Å². The smallest absolute Gasteiger partial charge is 0.264 e. The molecule has 30 heavy (non-hydrogen) atoms. The molecule has 1 saturated heterocycles. The van der Waals surface area contributed by atoms with E-state index in [0.717, 1.165) is 15.6 Å². The number of carbonyl (C=O) groups excluding carboxylic acids is 1. The van der Waals surface area contributed by atoms with Crippen LogP contribution in [0.3, 0.4) is 0 Å². The fourth-order valence-corrected chi connectivity index (χ4v) is 5.51. The number of hydrogen-bond donors (Lipinski definition) is 1. The number of carbonyl (C=O) groups is 1. The quantitative estimate of drug-likeness (QED) is 0.649. The first-order valence-electron chi connectivity index (χ1n) is 9.45. The van der Waals surface area contributed by atoms with Crippen LogP contribution in [0, 0.1) is 6.92 Å². The molecule has 0 atom stereocenters. The van der Waals surface area contributed by atoms with E-state index in [4.69, 9.17) is 9.47 Å². The van der Waals surface area contributed by atoms with Crippen molar-refractivity contribution < 1.29 is 22.7 Å². The van der Waals surface area contributed by atoms with Gasteiger partial charge < -0.3 is 14.4 Å². The van der Waals surface area contributed by atoms with Crippen LogP contribution >= 0.6 is 11.3 Å². The van der Waals surface area contributed by atoms with Crippen LogP contribution in [0.4, 0.5) is 5.69 Å². The highest BCUT2D eigenvalue weighted by molar-refractivity contribution is 7.92. The Morgan fingerprint density at radius 2 is 1.90 bits per heavy atom. The Bertz CT molecular complexity index is 1200. The first-order chi connectivity index (χ1) is 14.4. The van der Waals surface area contributed by atoms with Gasteiger partial charge in [-0.25, -0.2) is 8.42 Å². The predicted octanol–water partition coefficient (Wildman–Crippen LogP) is 3.49. The van der Waals surface area contributed by atoms with Crippen LogP contribution in [0.2, 0.25) is 0 Å². The van der Waals surface area contributed by atoms with E-state index in [1.54, 1.807) is 43.2 Å². The number of anilines is 1. The molecule has 0 unspecified atom stereocenters. The third-order valence-electron chi connectivity index (χ3n) is 4.95. The molecule has 1 aromatic heterocycles. The van der Waals surface area contributed by atoms with Crippen molar-refractivity contribution in [3.8, 4) is 5.75 Å². The summed E-state index contributed by atoms with van der Waals surface area (Å²) in [6, 6.07) is 11.8. The molecule has 1 N–H and O–H groups in total. The Hall–Kier alpha value is -2.62. The van der Waals surface area contributed by atoms with Gasteiger partial charge in [0.05, 0.1) is 30.1 Å². The number of amides is 1. The number of morpholine rings is 1. The van der Waals surface area contributed by atoms with Crippen molar-refractivity contribution in [3.63, 3.8) is 0 Å². The van der Waals surface area contributed by atoms with Crippen molar-refractivity contribution in [2.45, 2.75) is 11.8 Å². The van der Waals surface area contributed by atoms with E-state index in [1.807, 2.05) is 12.1 Å². The van der Waals surface area contributed by atoms with Crippen molar-refractivity contribution in [1.82, 2.24) is 4.90 Å². The lowest BCUT2D eigenvalue weighted by Crippen LogP contribution is -2.40. The molecule has 0 aliphatic carbocycles. The molecule has 0 bridgehead atoms. The Morgan fingerprint density at radius 3 is 2.60 bits per heavy atom. The molecule has 7 nitrogen and oxygen atoms in total. The Balaban J connectivity index is 1.57. The van der Waals surface area contributed by atoms with Gasteiger partial charge in [-0.15, -0.1) is 11.3 Å². The first-order valence-corrected chi connectivity index (χ1v) is 11.8. The third-order valence-corrected chi connectivity index (χ3v) is 7.44. The Kier molecular flexibility index (Phi) is 5.68. The number of aryl methyl sites for hydroxylation is 1. The molecule has 3 aromatic rings. The zero-order valence-electron chi connectivity index (χ0n) is 16.7. The van der Waals surface area contributed by atoms with E-state index in [1.165, 1.54) is 17.4 Å². The van der Waals surface area contributed by atoms with Gasteiger partial charge in [-0.1, -0.05) is 0 Å². The number of nitrogens with one attached hydrogen (secondary N) is 1. The van der Waals surface area contributed by atoms with Crippen LogP contribution in [-0.2, 0) is 14.8 Å². The molecule has 9 heteroatoms. The average molecular weight is 447 g/mol. The van der Waals surface area contributed by atoms with Gasteiger partial charge in [0.15, 0.2) is 0 Å². The SMILES string of the molecule is COc1ccc(S(=O)(=O)Nc2ccc3sc(C(=O)N4CCOCC4)cc3c2)cc1C. The summed E-state index contributed by atoms with van der Waals surface area (Å²) in [5.74, 6) is 0.612. The Labute approximate surface area is 179 Å². The van der Waals surface area contributed by atoms with Crippen molar-refractivity contribution in [2.75, 3.05) is 38.1 Å². The summed E-state index contributed by atoms with van der Waals surface area (Å²) in [4.78, 5) is 15.3. The lowest BCUT2D eigenvalue weighted by atomic mass is 10.2. The zero-order valence-corrected chi connectivity index (χ0v) is 18.3. The van der Waals surface area contributed by atoms with Crippen molar-refractivity contribution in [3.05, 3.63) is 52.9 Å². The lowest BCUT2D eigenvalue weighted by molar-refractivity contribution is 0.0306. The van der Waals surface area contributed by atoms with E-state index in [0.29, 0.717) is 42.6 Å². The minimum absolute atomic E-state index is 0.0182. The third kappa shape index (κ3) is 4.14. The molecule has 1 aliphatic heterocycles. The van der Waals surface area contributed by atoms with Crippen molar-refractivity contribution in [2.24, 2.45) is 0 Å². The maximum atomic E-state index is 12.8. The molecular formula is C21H22N2O5S2. The zero-order chi connectivity index (χ0) is 21.3. The van der Waals surface area contributed by atoms with E-state index in [-0.39, 0.29) is 10.8 Å². The maximum absolute atomic E-state index is 12.8. The number of ether oxygens (including phenoxy) is 2. The summed E-state index contributed by atoms with van der Waals surface area (Å²) >= 11 is 1.40. The number of hydrogen-bond acceptors (Lipinski definition) is 6. The van der Waals surface area contributed by atoms with E-state index in [2.05, 4.69) is 4.72 Å². The predicted molar refractivity (Wildman–Crippen MR) is 117 cm³/mol. The molecule has 1 aliphatic rings. The number of rotatable bonds is 5. The van der Waals surface area contributed by atoms with Crippen molar-refractivity contribution >= 4 is 43.0 Å². The largest absolute Gasteiger partial charge is 0.496 e. The molecule has 0 spiro atoms. The standard InChI is InChI=1S/C21H22N2O5S2/c1-14-11-17(4-5-18(14)27-2)30(25,26)22-16-3-6-19-15(12-16)13-20(29-19)21(24)23-7-9-28-10-8-23/h3-6,11-13,22H,7-10H2,1-2H3. The van der Waals surface area contributed by atoms with Gasteiger partial charge in [-0.3, -0.25) is 9.52 Å². The highest BCUT2D eigenvalue weighted by Crippen LogP contribution is 2.30. The fraction of sp³-hybridized carbons (Fsp3) is 0.286. The van der Waals surface area contributed by atoms with Gasteiger partial charge in [0.25, 0.3) is 15.9 Å². The van der Waals surface area contributed by atoms with Gasteiger partial charge >= 0.3 is 0 Å². The number of benzene rings is 2. The molecular weight excluding hydrogens is 424 g/mol. The van der Waals surface area contributed by atoms with Gasteiger partial charge in [0.1, 0.15) is 5.75 Å². The monoisotopic (exact) mass is 446 g/mol. The molecule has 158 valence electrons. The van der Waals surface area contributed by atoms with Crippen LogP contribution in [0.1, 0.15) is 15.2 Å². The summed E-state index contributed by atoms with van der Waals surface area (Å²) in [5.41, 5.74) is 1.18. The maximum Gasteiger partial charge on any atom is 0.264 e. The number of thiophene rings is 1. The Morgan fingerprint density at radius 1 is 1.13 bits per heavy atom. The second kappa shape index (κ2) is 8.25. The summed E-state index contributed by atoms with van der Waals surface area (Å²) in [7, 11) is -2.20. The average Bonchev–Trinajstić information content (AvgIpc) is 3.17. The van der Waals surface area contributed by atoms with E-state index < -0.39 is 10.0 Å². The number of sulfonamides is 1. The summed E-state index contributed by atoms with van der Waals surface area (Å²) in [6.45, 7) is 4.06. The minimum Gasteiger partial charge on any atom is -0.496 e. The molecule has 2 aromatic carbocycles. The summed E-state index contributed by atoms with van der Waals surface area (Å²) in [5, 5.41) is 0.822. The highest BCUT2D eigenvalue weighted by Gasteiger charge is 2.21. The molecule has 4 rings (SSSR count). The van der Waals surface area contributed by atoms with Gasteiger partial charge in [0, 0.05) is 23.5 Å². The van der Waals surface area contributed by atoms with Gasteiger partial charge in [-0.05, 0) is 60.3 Å². The van der Waals surface area contributed by atoms with Crippen LogP contribution in [0.15, 0.2) is 47.4 Å². The van der Waals surface area contributed by atoms with Crippen LogP contribution in [0.25, 0.3) is 10.1 Å². The second-order valence-corrected chi connectivity index (χ2v) is 9.77. The van der Waals surface area contributed by atoms with E-state index >= 15 is 0 Å².